The van der Waals surface area contributed by atoms with Gasteiger partial charge in [-0.15, -0.1) is 5.10 Å². The van der Waals surface area contributed by atoms with Crippen LogP contribution in [-0.2, 0) is 11.2 Å². The molecule has 1 aliphatic heterocycles. The Morgan fingerprint density at radius 2 is 1.95 bits per heavy atom. The van der Waals surface area contributed by atoms with E-state index in [0.29, 0.717) is 45.9 Å². The number of nitrogens with one attached hydrogen (secondary N) is 2. The summed E-state index contributed by atoms with van der Waals surface area (Å²) in [6.45, 7) is 2.03. The van der Waals surface area contributed by atoms with Gasteiger partial charge in [0.15, 0.2) is 5.15 Å². The molecule has 0 fully saturated rings. The minimum atomic E-state index is -0.521. The largest absolute Gasteiger partial charge is 0.450 e. The Bertz CT molecular complexity index is 1760. The number of hydrogen-bond donors (Lipinski definition) is 2. The lowest BCUT2D eigenvalue weighted by Crippen LogP contribution is -2.24. The Kier molecular flexibility index (Phi) is 6.82. The molecular formula is C27H22Cl2N8O3. The third-order valence-corrected chi connectivity index (χ3v) is 7.20. The minimum Gasteiger partial charge on any atom is -0.450 e. The molecule has 13 heteroatoms. The van der Waals surface area contributed by atoms with Gasteiger partial charge in [-0.25, -0.2) is 9.78 Å². The van der Waals surface area contributed by atoms with Crippen molar-refractivity contribution in [3.8, 4) is 28.1 Å². The number of hydrogen-bond acceptors (Lipinski definition) is 7. The first-order valence-corrected chi connectivity index (χ1v) is 13.2. The Labute approximate surface area is 237 Å². The van der Waals surface area contributed by atoms with Crippen LogP contribution in [0.3, 0.4) is 0 Å². The summed E-state index contributed by atoms with van der Waals surface area (Å²) in [6.07, 6.45) is 2.33. The van der Waals surface area contributed by atoms with E-state index in [1.54, 1.807) is 41.8 Å². The number of aryl methyl sites for hydroxylation is 1. The number of fused-ring (bicyclic) bond motifs is 1. The highest BCUT2D eigenvalue weighted by atomic mass is 35.5. The van der Waals surface area contributed by atoms with E-state index in [1.165, 1.54) is 11.0 Å². The first-order valence-electron chi connectivity index (χ1n) is 12.5. The minimum absolute atomic E-state index is 0.166. The van der Waals surface area contributed by atoms with Gasteiger partial charge in [0, 0.05) is 33.6 Å². The number of ether oxygens (including phenoxy) is 1. The maximum Gasteiger partial charge on any atom is 0.411 e. The van der Waals surface area contributed by atoms with Crippen molar-refractivity contribution in [2.45, 2.75) is 25.8 Å². The van der Waals surface area contributed by atoms with Crippen molar-refractivity contribution < 1.29 is 9.53 Å². The lowest BCUT2D eigenvalue weighted by atomic mass is 10.0. The van der Waals surface area contributed by atoms with Crippen LogP contribution < -0.4 is 10.9 Å². The Morgan fingerprint density at radius 3 is 2.70 bits per heavy atom. The molecule has 1 atom stereocenters. The van der Waals surface area contributed by atoms with Crippen LogP contribution in [0.2, 0.25) is 10.2 Å². The Morgan fingerprint density at radius 1 is 1.12 bits per heavy atom. The van der Waals surface area contributed by atoms with Gasteiger partial charge in [-0.3, -0.25) is 10.1 Å². The molecule has 202 valence electrons. The molecule has 4 heterocycles. The lowest BCUT2D eigenvalue weighted by Gasteiger charge is -2.15. The summed E-state index contributed by atoms with van der Waals surface area (Å²) in [6, 6.07) is 15.8. The first kappa shape index (κ1) is 25.8. The number of halogens is 2. The van der Waals surface area contributed by atoms with Crippen molar-refractivity contribution in [1.82, 2.24) is 34.7 Å². The number of imidazole rings is 1. The number of rotatable bonds is 6. The zero-order chi connectivity index (χ0) is 27.8. The van der Waals surface area contributed by atoms with Gasteiger partial charge in [0.1, 0.15) is 12.2 Å². The van der Waals surface area contributed by atoms with Crippen LogP contribution in [-0.4, -0.2) is 47.4 Å². The van der Waals surface area contributed by atoms with Gasteiger partial charge in [-0.1, -0.05) is 35.3 Å². The maximum absolute atomic E-state index is 13.5. The molecule has 2 N–H and O–H groups in total. The molecule has 5 aromatic rings. The van der Waals surface area contributed by atoms with Gasteiger partial charge in [0.2, 0.25) is 0 Å². The molecule has 0 saturated carbocycles. The number of pyridine rings is 1. The van der Waals surface area contributed by atoms with Gasteiger partial charge < -0.3 is 14.3 Å². The van der Waals surface area contributed by atoms with Gasteiger partial charge in [0.05, 0.1) is 24.0 Å². The van der Waals surface area contributed by atoms with E-state index in [-0.39, 0.29) is 18.2 Å². The third kappa shape index (κ3) is 4.85. The van der Waals surface area contributed by atoms with E-state index in [0.717, 1.165) is 22.4 Å². The molecule has 0 aliphatic carbocycles. The number of benzene rings is 2. The van der Waals surface area contributed by atoms with E-state index in [9.17, 15) is 9.59 Å². The fourth-order valence-corrected chi connectivity index (χ4v) is 5.36. The number of carbonyl (C=O) groups is 1. The topological polar surface area (TPSA) is 133 Å². The number of tetrazole rings is 1. The smallest absolute Gasteiger partial charge is 0.411 e. The van der Waals surface area contributed by atoms with E-state index in [1.807, 2.05) is 24.3 Å². The quantitative estimate of drug-likeness (QED) is 0.280. The van der Waals surface area contributed by atoms with Crippen molar-refractivity contribution in [2.24, 2.45) is 0 Å². The third-order valence-electron chi connectivity index (χ3n) is 6.69. The second kappa shape index (κ2) is 10.6. The van der Waals surface area contributed by atoms with Crippen molar-refractivity contribution in [3.63, 3.8) is 0 Å². The van der Waals surface area contributed by atoms with E-state index < -0.39 is 6.09 Å². The molecule has 6 rings (SSSR count). The van der Waals surface area contributed by atoms with Crippen LogP contribution in [0.25, 0.3) is 28.1 Å². The highest BCUT2D eigenvalue weighted by molar-refractivity contribution is 6.32. The number of anilines is 1. The van der Waals surface area contributed by atoms with Crippen molar-refractivity contribution in [3.05, 3.63) is 93.0 Å². The van der Waals surface area contributed by atoms with E-state index in [4.69, 9.17) is 27.9 Å². The SMILES string of the molecule is CCOC(=O)Nc1ccc(-c2[nH]c(C3CCc4cc(-c5cc(Cl)ccc5-n5cnnn5)cc(=O)n43)nc2Cl)cc1. The molecule has 1 unspecified atom stereocenters. The molecule has 11 nitrogen and oxygen atoms in total. The molecule has 1 aliphatic rings. The number of H-pyrrole nitrogens is 1. The molecule has 0 spiro atoms. The van der Waals surface area contributed by atoms with Crippen LogP contribution >= 0.6 is 23.2 Å². The number of amides is 1. The van der Waals surface area contributed by atoms with Crippen molar-refractivity contribution >= 4 is 35.0 Å². The summed E-state index contributed by atoms with van der Waals surface area (Å²) in [4.78, 5) is 33.0. The summed E-state index contributed by atoms with van der Waals surface area (Å²) in [7, 11) is 0. The second-order valence-corrected chi connectivity index (χ2v) is 9.92. The average molecular weight is 577 g/mol. The fourth-order valence-electron chi connectivity index (χ4n) is 4.94. The van der Waals surface area contributed by atoms with Crippen LogP contribution in [0.1, 0.15) is 30.9 Å². The van der Waals surface area contributed by atoms with Crippen molar-refractivity contribution in [1.29, 1.82) is 0 Å². The maximum atomic E-state index is 13.5. The average Bonchev–Trinajstić information content (AvgIpc) is 3.69. The zero-order valence-electron chi connectivity index (χ0n) is 21.1. The number of aromatic nitrogens is 7. The predicted molar refractivity (Wildman–Crippen MR) is 150 cm³/mol. The highest BCUT2D eigenvalue weighted by Crippen LogP contribution is 2.36. The summed E-state index contributed by atoms with van der Waals surface area (Å²) >= 11 is 12.8. The standard InChI is InChI=1S/C27H22Cl2N8O3/c1-2-40-27(39)31-18-6-3-15(4-7-18)24-25(29)33-26(32-24)22-10-8-19-11-16(12-23(38)37(19)22)20-13-17(28)5-9-21(20)36-14-30-34-35-36/h3-7,9,11-14,22H,2,8,10H2,1H3,(H,31,39)(H,32,33). The van der Waals surface area contributed by atoms with Crippen LogP contribution in [0, 0.1) is 0 Å². The molecule has 2 aromatic carbocycles. The van der Waals surface area contributed by atoms with Gasteiger partial charge >= 0.3 is 6.09 Å². The molecule has 1 amide bonds. The zero-order valence-corrected chi connectivity index (χ0v) is 22.6. The summed E-state index contributed by atoms with van der Waals surface area (Å²) in [5.41, 5.74) is 4.89. The predicted octanol–water partition coefficient (Wildman–Crippen LogP) is 5.29. The number of aromatic amines is 1. The number of carbonyl (C=O) groups excluding carboxylic acids is 1. The molecule has 0 saturated heterocycles. The summed E-state index contributed by atoms with van der Waals surface area (Å²) < 4.78 is 8.19. The fraction of sp³-hybridized carbons (Fsp3) is 0.185. The molecule has 0 bridgehead atoms. The molecule has 40 heavy (non-hydrogen) atoms. The van der Waals surface area contributed by atoms with Gasteiger partial charge in [0.25, 0.3) is 5.56 Å². The van der Waals surface area contributed by atoms with Gasteiger partial charge in [-0.2, -0.15) is 4.68 Å². The number of nitrogens with zero attached hydrogens (tertiary/aromatic N) is 6. The highest BCUT2D eigenvalue weighted by Gasteiger charge is 2.29. The monoisotopic (exact) mass is 576 g/mol. The summed E-state index contributed by atoms with van der Waals surface area (Å²) in [5, 5.41) is 14.9. The molecular weight excluding hydrogens is 555 g/mol. The molecule has 3 aromatic heterocycles. The second-order valence-electron chi connectivity index (χ2n) is 9.12. The normalized spacial score (nSPS) is 14.2. The Hall–Kier alpha value is -4.48. The summed E-state index contributed by atoms with van der Waals surface area (Å²) in [5.74, 6) is 0.597. The van der Waals surface area contributed by atoms with Gasteiger partial charge in [-0.05, 0) is 72.2 Å². The van der Waals surface area contributed by atoms with Crippen LogP contribution in [0.5, 0.6) is 0 Å². The molecule has 0 radical (unpaired) electrons. The Balaban J connectivity index is 1.30. The lowest BCUT2D eigenvalue weighted by molar-refractivity contribution is 0.168. The first-order chi connectivity index (χ1) is 19.4. The van der Waals surface area contributed by atoms with Crippen LogP contribution in [0.4, 0.5) is 10.5 Å². The van der Waals surface area contributed by atoms with Crippen molar-refractivity contribution in [2.75, 3.05) is 11.9 Å². The van der Waals surface area contributed by atoms with E-state index >= 15 is 0 Å². The van der Waals surface area contributed by atoms with E-state index in [2.05, 4.69) is 30.8 Å². The van der Waals surface area contributed by atoms with Crippen LogP contribution in [0.15, 0.2) is 65.7 Å².